The highest BCUT2D eigenvalue weighted by Crippen LogP contribution is 2.26. The molecule has 1 unspecified atom stereocenters. The molecule has 3 N–H and O–H groups in total. The summed E-state index contributed by atoms with van der Waals surface area (Å²) in [6, 6.07) is 2.19. The van der Waals surface area contributed by atoms with Crippen molar-refractivity contribution in [1.29, 1.82) is 0 Å². The predicted octanol–water partition coefficient (Wildman–Crippen LogP) is 3.55. The lowest BCUT2D eigenvalue weighted by molar-refractivity contribution is 0.481. The van der Waals surface area contributed by atoms with E-state index >= 15 is 0 Å². The molecule has 0 radical (unpaired) electrons. The second-order valence-corrected chi connectivity index (χ2v) is 4.71. The number of hydrogen-bond acceptors (Lipinski definition) is 3. The number of nitrogen functional groups attached to an aromatic ring is 1. The molecule has 1 heterocycles. The molecule has 1 rings (SSSR count). The van der Waals surface area contributed by atoms with Gasteiger partial charge in [-0.05, 0) is 25.5 Å². The van der Waals surface area contributed by atoms with Gasteiger partial charge in [-0.25, -0.2) is 4.98 Å². The number of halogens is 1. The second-order valence-electron chi connectivity index (χ2n) is 4.28. The van der Waals surface area contributed by atoms with E-state index in [1.54, 1.807) is 6.20 Å². The molecule has 0 spiro atoms. The molecule has 0 aliphatic heterocycles. The monoisotopic (exact) mass is 255 g/mol. The molecule has 1 aromatic heterocycles. The largest absolute Gasteiger partial charge is 0.383 e. The van der Waals surface area contributed by atoms with Crippen LogP contribution >= 0.6 is 11.6 Å². The smallest absolute Gasteiger partial charge is 0.128 e. The third-order valence-electron chi connectivity index (χ3n) is 2.78. The van der Waals surface area contributed by atoms with E-state index in [0.717, 1.165) is 24.9 Å². The minimum Gasteiger partial charge on any atom is -0.383 e. The molecule has 0 aliphatic rings. The SMILES string of the molecule is CCCCC(NCCC)c1cc(Cl)cnc1N. The zero-order valence-electron chi connectivity index (χ0n) is 10.7. The summed E-state index contributed by atoms with van der Waals surface area (Å²) in [5.41, 5.74) is 6.95. The summed E-state index contributed by atoms with van der Waals surface area (Å²) in [7, 11) is 0. The van der Waals surface area contributed by atoms with Crippen LogP contribution in [0.15, 0.2) is 12.3 Å². The van der Waals surface area contributed by atoms with E-state index < -0.39 is 0 Å². The van der Waals surface area contributed by atoms with Gasteiger partial charge in [0.1, 0.15) is 5.82 Å². The number of aromatic nitrogens is 1. The van der Waals surface area contributed by atoms with Crippen LogP contribution in [0.1, 0.15) is 51.1 Å². The molecular formula is C13H22ClN3. The molecule has 1 aromatic rings. The highest BCUT2D eigenvalue weighted by molar-refractivity contribution is 6.30. The van der Waals surface area contributed by atoms with E-state index in [9.17, 15) is 0 Å². The third-order valence-corrected chi connectivity index (χ3v) is 2.99. The summed E-state index contributed by atoms with van der Waals surface area (Å²) in [6.07, 6.45) is 6.13. The number of pyridine rings is 1. The molecule has 96 valence electrons. The number of anilines is 1. The first-order chi connectivity index (χ1) is 8.19. The van der Waals surface area contributed by atoms with Gasteiger partial charge in [-0.15, -0.1) is 0 Å². The van der Waals surface area contributed by atoms with Crippen LogP contribution in [0.25, 0.3) is 0 Å². The average Bonchev–Trinajstić information content (AvgIpc) is 2.33. The van der Waals surface area contributed by atoms with E-state index in [4.69, 9.17) is 17.3 Å². The highest BCUT2D eigenvalue weighted by Gasteiger charge is 2.14. The van der Waals surface area contributed by atoms with Gasteiger partial charge in [0, 0.05) is 17.8 Å². The maximum atomic E-state index is 5.98. The van der Waals surface area contributed by atoms with Crippen molar-refractivity contribution in [2.45, 2.75) is 45.6 Å². The van der Waals surface area contributed by atoms with Crippen molar-refractivity contribution in [3.8, 4) is 0 Å². The fourth-order valence-electron chi connectivity index (χ4n) is 1.84. The van der Waals surface area contributed by atoms with Crippen LogP contribution in [0.5, 0.6) is 0 Å². The maximum absolute atomic E-state index is 5.98. The molecule has 0 bridgehead atoms. The van der Waals surface area contributed by atoms with Crippen molar-refractivity contribution in [3.63, 3.8) is 0 Å². The topological polar surface area (TPSA) is 50.9 Å². The highest BCUT2D eigenvalue weighted by atomic mass is 35.5. The van der Waals surface area contributed by atoms with Gasteiger partial charge < -0.3 is 11.1 Å². The first-order valence-electron chi connectivity index (χ1n) is 6.33. The minimum atomic E-state index is 0.265. The number of nitrogens with zero attached hydrogens (tertiary/aromatic N) is 1. The van der Waals surface area contributed by atoms with Crippen LogP contribution in [-0.2, 0) is 0 Å². The van der Waals surface area contributed by atoms with Crippen LogP contribution < -0.4 is 11.1 Å². The molecule has 0 aliphatic carbocycles. The number of hydrogen-bond donors (Lipinski definition) is 2. The maximum Gasteiger partial charge on any atom is 0.128 e. The zero-order valence-corrected chi connectivity index (χ0v) is 11.4. The Morgan fingerprint density at radius 1 is 1.41 bits per heavy atom. The lowest BCUT2D eigenvalue weighted by Crippen LogP contribution is -2.23. The Morgan fingerprint density at radius 3 is 2.82 bits per heavy atom. The molecule has 0 fully saturated rings. The summed E-state index contributed by atoms with van der Waals surface area (Å²) in [5.74, 6) is 0.583. The first kappa shape index (κ1) is 14.3. The van der Waals surface area contributed by atoms with Gasteiger partial charge in [0.15, 0.2) is 0 Å². The Labute approximate surface area is 109 Å². The summed E-state index contributed by atoms with van der Waals surface area (Å²) in [4.78, 5) is 4.12. The van der Waals surface area contributed by atoms with Crippen molar-refractivity contribution >= 4 is 17.4 Å². The standard InChI is InChI=1S/C13H22ClN3/c1-3-5-6-12(16-7-4-2)11-8-10(14)9-17-13(11)15/h8-9,12,16H,3-7H2,1-2H3,(H2,15,17). The van der Waals surface area contributed by atoms with Crippen molar-refractivity contribution in [2.75, 3.05) is 12.3 Å². The summed E-state index contributed by atoms with van der Waals surface area (Å²) < 4.78 is 0. The normalized spacial score (nSPS) is 12.6. The van der Waals surface area contributed by atoms with Gasteiger partial charge in [0.05, 0.1) is 5.02 Å². The molecule has 0 saturated carbocycles. The number of nitrogens with one attached hydrogen (secondary N) is 1. The van der Waals surface area contributed by atoms with Crippen LogP contribution in [0, 0.1) is 0 Å². The molecule has 0 saturated heterocycles. The van der Waals surface area contributed by atoms with Gasteiger partial charge in [0.25, 0.3) is 0 Å². The number of unbranched alkanes of at least 4 members (excludes halogenated alkanes) is 1. The zero-order chi connectivity index (χ0) is 12.7. The summed E-state index contributed by atoms with van der Waals surface area (Å²) in [6.45, 7) is 5.33. The molecule has 3 nitrogen and oxygen atoms in total. The van der Waals surface area contributed by atoms with E-state index in [2.05, 4.69) is 24.1 Å². The lowest BCUT2D eigenvalue weighted by Gasteiger charge is -2.20. The quantitative estimate of drug-likeness (QED) is 0.784. The van der Waals surface area contributed by atoms with E-state index in [-0.39, 0.29) is 6.04 Å². The van der Waals surface area contributed by atoms with Crippen molar-refractivity contribution in [3.05, 3.63) is 22.8 Å². The Morgan fingerprint density at radius 2 is 2.18 bits per heavy atom. The Bertz CT molecular complexity index is 333. The molecule has 1 atom stereocenters. The molecule has 17 heavy (non-hydrogen) atoms. The van der Waals surface area contributed by atoms with Crippen molar-refractivity contribution in [1.82, 2.24) is 10.3 Å². The predicted molar refractivity (Wildman–Crippen MR) is 74.2 cm³/mol. The first-order valence-corrected chi connectivity index (χ1v) is 6.71. The molecule has 0 amide bonds. The van der Waals surface area contributed by atoms with Crippen LogP contribution in [-0.4, -0.2) is 11.5 Å². The van der Waals surface area contributed by atoms with Crippen LogP contribution in [0.3, 0.4) is 0 Å². The van der Waals surface area contributed by atoms with Gasteiger partial charge in [-0.2, -0.15) is 0 Å². The van der Waals surface area contributed by atoms with E-state index in [0.29, 0.717) is 10.8 Å². The summed E-state index contributed by atoms with van der Waals surface area (Å²) in [5, 5.41) is 4.16. The fraction of sp³-hybridized carbons (Fsp3) is 0.615. The molecular weight excluding hydrogens is 234 g/mol. The van der Waals surface area contributed by atoms with Crippen LogP contribution in [0.4, 0.5) is 5.82 Å². The minimum absolute atomic E-state index is 0.265. The second kappa shape index (κ2) is 7.51. The van der Waals surface area contributed by atoms with Crippen LogP contribution in [0.2, 0.25) is 5.02 Å². The van der Waals surface area contributed by atoms with Crippen molar-refractivity contribution < 1.29 is 0 Å². The third kappa shape index (κ3) is 4.52. The number of nitrogens with two attached hydrogens (primary N) is 1. The Hall–Kier alpha value is -0.800. The van der Waals surface area contributed by atoms with E-state index in [1.807, 2.05) is 6.07 Å². The Balaban J connectivity index is 2.82. The van der Waals surface area contributed by atoms with E-state index in [1.165, 1.54) is 12.8 Å². The van der Waals surface area contributed by atoms with Gasteiger partial charge in [-0.1, -0.05) is 38.3 Å². The Kier molecular flexibility index (Phi) is 6.30. The molecule has 4 heteroatoms. The number of rotatable bonds is 7. The van der Waals surface area contributed by atoms with Gasteiger partial charge >= 0.3 is 0 Å². The van der Waals surface area contributed by atoms with Crippen molar-refractivity contribution in [2.24, 2.45) is 0 Å². The fourth-order valence-corrected chi connectivity index (χ4v) is 2.01. The molecule has 0 aromatic carbocycles. The average molecular weight is 256 g/mol. The summed E-state index contributed by atoms with van der Waals surface area (Å²) >= 11 is 5.98. The van der Waals surface area contributed by atoms with Gasteiger partial charge in [0.2, 0.25) is 0 Å². The van der Waals surface area contributed by atoms with Gasteiger partial charge in [-0.3, -0.25) is 0 Å². The lowest BCUT2D eigenvalue weighted by atomic mass is 10.0.